The maximum absolute atomic E-state index is 8.50. The molecule has 0 amide bonds. The first-order chi connectivity index (χ1) is 6.33. The van der Waals surface area contributed by atoms with Gasteiger partial charge in [0.05, 0.1) is 6.61 Å². The maximum Gasteiger partial charge on any atom is 0.0612 e. The smallest absolute Gasteiger partial charge is 0.0612 e. The summed E-state index contributed by atoms with van der Waals surface area (Å²) in [6.45, 7) is 0.121. The van der Waals surface area contributed by atoms with Gasteiger partial charge in [-0.05, 0) is 30.5 Å². The molecule has 1 rings (SSSR count). The molecule has 0 aromatic heterocycles. The van der Waals surface area contributed by atoms with Crippen LogP contribution in [-0.2, 0) is 6.42 Å². The van der Waals surface area contributed by atoms with Gasteiger partial charge in [0.25, 0.3) is 0 Å². The van der Waals surface area contributed by atoms with Crippen molar-refractivity contribution < 1.29 is 5.11 Å². The summed E-state index contributed by atoms with van der Waals surface area (Å²) >= 11 is 5.83. The van der Waals surface area contributed by atoms with Crippen LogP contribution in [0.5, 0.6) is 0 Å². The number of aliphatic hydroxyl groups is 1. The molecule has 0 saturated heterocycles. The Morgan fingerprint density at radius 1 is 1.31 bits per heavy atom. The fourth-order valence-electron chi connectivity index (χ4n) is 1.13. The van der Waals surface area contributed by atoms with Gasteiger partial charge >= 0.3 is 0 Å². The molecule has 0 bridgehead atoms. The van der Waals surface area contributed by atoms with E-state index < -0.39 is 0 Å². The van der Waals surface area contributed by atoms with Gasteiger partial charge in [0.1, 0.15) is 0 Å². The molecule has 0 heterocycles. The van der Waals surface area contributed by atoms with E-state index >= 15 is 0 Å². The summed E-state index contributed by atoms with van der Waals surface area (Å²) in [5.74, 6) is 0. The number of halogens is 1. The molecule has 0 aliphatic carbocycles. The third-order valence-corrected chi connectivity index (χ3v) is 2.00. The summed E-state index contributed by atoms with van der Waals surface area (Å²) in [5.41, 5.74) is 1.23. The molecule has 0 fully saturated rings. The highest BCUT2D eigenvalue weighted by atomic mass is 35.5. The Balaban J connectivity index is 2.41. The minimum Gasteiger partial charge on any atom is -0.392 e. The van der Waals surface area contributed by atoms with E-state index in [1.807, 2.05) is 24.3 Å². The van der Waals surface area contributed by atoms with Crippen LogP contribution in [0.1, 0.15) is 12.0 Å². The first-order valence-electron chi connectivity index (χ1n) is 4.33. The Kier molecular flexibility index (Phi) is 4.58. The molecule has 0 aliphatic rings. The zero-order valence-corrected chi connectivity index (χ0v) is 8.17. The van der Waals surface area contributed by atoms with Crippen molar-refractivity contribution in [2.45, 2.75) is 12.8 Å². The maximum atomic E-state index is 8.50. The van der Waals surface area contributed by atoms with E-state index in [9.17, 15) is 0 Å². The molecule has 0 aliphatic heterocycles. The molecule has 0 saturated carbocycles. The Hall–Kier alpha value is -0.790. The van der Waals surface area contributed by atoms with Crippen molar-refractivity contribution in [3.63, 3.8) is 0 Å². The summed E-state index contributed by atoms with van der Waals surface area (Å²) in [6.07, 6.45) is 5.64. The standard InChI is InChI=1S/C11H13ClO/c12-11-7-4-6-10(9-11)5-2-1-3-8-13/h1,3-4,6-7,9,13H,2,5,8H2/b3-1+. The average molecular weight is 197 g/mol. The minimum absolute atomic E-state index is 0.121. The van der Waals surface area contributed by atoms with Crippen LogP contribution in [0.3, 0.4) is 0 Å². The largest absolute Gasteiger partial charge is 0.392 e. The van der Waals surface area contributed by atoms with Gasteiger partial charge in [0.2, 0.25) is 0 Å². The second kappa shape index (κ2) is 5.79. The number of rotatable bonds is 4. The normalized spacial score (nSPS) is 10.9. The van der Waals surface area contributed by atoms with Crippen LogP contribution in [-0.4, -0.2) is 11.7 Å². The van der Waals surface area contributed by atoms with Crippen molar-refractivity contribution in [3.8, 4) is 0 Å². The lowest BCUT2D eigenvalue weighted by Gasteiger charge is -1.98. The first-order valence-corrected chi connectivity index (χ1v) is 4.71. The van der Waals surface area contributed by atoms with Crippen molar-refractivity contribution in [2.75, 3.05) is 6.61 Å². The Morgan fingerprint density at radius 3 is 2.85 bits per heavy atom. The van der Waals surface area contributed by atoms with Gasteiger partial charge < -0.3 is 5.11 Å². The topological polar surface area (TPSA) is 20.2 Å². The van der Waals surface area contributed by atoms with Crippen LogP contribution in [0, 0.1) is 0 Å². The summed E-state index contributed by atoms with van der Waals surface area (Å²) in [7, 11) is 0. The van der Waals surface area contributed by atoms with E-state index in [2.05, 4.69) is 6.07 Å². The third kappa shape index (κ3) is 4.11. The van der Waals surface area contributed by atoms with Crippen LogP contribution in [0.4, 0.5) is 0 Å². The van der Waals surface area contributed by atoms with Crippen molar-refractivity contribution in [2.24, 2.45) is 0 Å². The van der Waals surface area contributed by atoms with Crippen molar-refractivity contribution in [3.05, 3.63) is 47.0 Å². The van der Waals surface area contributed by atoms with Crippen molar-refractivity contribution >= 4 is 11.6 Å². The molecule has 70 valence electrons. The molecule has 1 nitrogen and oxygen atoms in total. The number of hydrogen-bond acceptors (Lipinski definition) is 1. The van der Waals surface area contributed by atoms with Crippen LogP contribution in [0.2, 0.25) is 5.02 Å². The second-order valence-electron chi connectivity index (χ2n) is 2.82. The van der Waals surface area contributed by atoms with Gasteiger partial charge in [-0.1, -0.05) is 35.9 Å². The molecule has 1 aromatic rings. The Bertz CT molecular complexity index is 281. The predicted molar refractivity (Wildman–Crippen MR) is 56.0 cm³/mol. The molecular weight excluding hydrogens is 184 g/mol. The average Bonchev–Trinajstić information content (AvgIpc) is 2.13. The molecule has 0 radical (unpaired) electrons. The zero-order valence-electron chi connectivity index (χ0n) is 7.41. The Morgan fingerprint density at radius 2 is 2.15 bits per heavy atom. The highest BCUT2D eigenvalue weighted by Crippen LogP contribution is 2.12. The van der Waals surface area contributed by atoms with Crippen LogP contribution in [0.15, 0.2) is 36.4 Å². The van der Waals surface area contributed by atoms with Crippen LogP contribution < -0.4 is 0 Å². The van der Waals surface area contributed by atoms with Crippen LogP contribution in [0.25, 0.3) is 0 Å². The van der Waals surface area contributed by atoms with Gasteiger partial charge in [-0.3, -0.25) is 0 Å². The SMILES string of the molecule is OC/C=C/CCc1cccc(Cl)c1. The lowest BCUT2D eigenvalue weighted by molar-refractivity contribution is 0.342. The second-order valence-corrected chi connectivity index (χ2v) is 3.26. The lowest BCUT2D eigenvalue weighted by atomic mass is 10.1. The van der Waals surface area contributed by atoms with E-state index in [0.717, 1.165) is 17.9 Å². The number of aryl methyl sites for hydroxylation is 1. The number of hydrogen-bond donors (Lipinski definition) is 1. The van der Waals surface area contributed by atoms with Crippen molar-refractivity contribution in [1.82, 2.24) is 0 Å². The highest BCUT2D eigenvalue weighted by molar-refractivity contribution is 6.30. The molecule has 0 unspecified atom stereocenters. The molecule has 0 spiro atoms. The quantitative estimate of drug-likeness (QED) is 0.735. The van der Waals surface area contributed by atoms with Gasteiger partial charge in [-0.15, -0.1) is 0 Å². The molecule has 13 heavy (non-hydrogen) atoms. The first kappa shape index (κ1) is 10.3. The number of allylic oxidation sites excluding steroid dienone is 1. The zero-order chi connectivity index (χ0) is 9.52. The van der Waals surface area contributed by atoms with E-state index in [-0.39, 0.29) is 6.61 Å². The molecule has 0 atom stereocenters. The van der Waals surface area contributed by atoms with Crippen molar-refractivity contribution in [1.29, 1.82) is 0 Å². The summed E-state index contributed by atoms with van der Waals surface area (Å²) in [4.78, 5) is 0. The highest BCUT2D eigenvalue weighted by Gasteiger charge is 1.91. The number of aliphatic hydroxyl groups excluding tert-OH is 1. The van der Waals surface area contributed by atoms with Gasteiger partial charge in [0, 0.05) is 5.02 Å². The molecule has 1 N–H and O–H groups in total. The molecule has 1 aromatic carbocycles. The summed E-state index contributed by atoms with van der Waals surface area (Å²) in [6, 6.07) is 7.84. The van der Waals surface area contributed by atoms with Gasteiger partial charge in [-0.2, -0.15) is 0 Å². The van der Waals surface area contributed by atoms with E-state index in [0.29, 0.717) is 0 Å². The van der Waals surface area contributed by atoms with E-state index in [4.69, 9.17) is 16.7 Å². The van der Waals surface area contributed by atoms with Gasteiger partial charge in [0.15, 0.2) is 0 Å². The molecular formula is C11H13ClO. The van der Waals surface area contributed by atoms with E-state index in [1.54, 1.807) is 6.08 Å². The van der Waals surface area contributed by atoms with E-state index in [1.165, 1.54) is 5.56 Å². The van der Waals surface area contributed by atoms with Crippen LogP contribution >= 0.6 is 11.6 Å². The lowest BCUT2D eigenvalue weighted by Crippen LogP contribution is -1.82. The fraction of sp³-hybridized carbons (Fsp3) is 0.273. The summed E-state index contributed by atoms with van der Waals surface area (Å²) < 4.78 is 0. The fourth-order valence-corrected chi connectivity index (χ4v) is 1.35. The minimum atomic E-state index is 0.121. The number of benzene rings is 1. The summed E-state index contributed by atoms with van der Waals surface area (Å²) in [5, 5.41) is 9.28. The van der Waals surface area contributed by atoms with Gasteiger partial charge in [-0.25, -0.2) is 0 Å². The third-order valence-electron chi connectivity index (χ3n) is 1.76. The Labute approximate surface area is 83.7 Å². The molecule has 2 heteroatoms. The monoisotopic (exact) mass is 196 g/mol. The predicted octanol–water partition coefficient (Wildman–Crippen LogP) is 2.82.